The molecule has 0 heterocycles. The summed E-state index contributed by atoms with van der Waals surface area (Å²) in [6.45, 7) is 4.57. The van der Waals surface area contributed by atoms with Gasteiger partial charge < -0.3 is 0 Å². The van der Waals surface area contributed by atoms with Gasteiger partial charge in [-0.25, -0.2) is 0 Å². The van der Waals surface area contributed by atoms with Gasteiger partial charge in [-0.15, -0.1) is 0 Å². The lowest BCUT2D eigenvalue weighted by atomic mass is 9.53. The summed E-state index contributed by atoms with van der Waals surface area (Å²) < 4.78 is 0. The van der Waals surface area contributed by atoms with Crippen molar-refractivity contribution in [3.63, 3.8) is 0 Å². The van der Waals surface area contributed by atoms with E-state index in [0.29, 0.717) is 10.8 Å². The average Bonchev–Trinajstić information content (AvgIpc) is 2.57. The van der Waals surface area contributed by atoms with Crippen molar-refractivity contribution in [2.75, 3.05) is 0 Å². The van der Waals surface area contributed by atoms with Crippen LogP contribution in [0.15, 0.2) is 24.3 Å². The number of benzene rings is 1. The molecule has 0 atom stereocenters. The van der Waals surface area contributed by atoms with Crippen LogP contribution in [0.3, 0.4) is 0 Å². The van der Waals surface area contributed by atoms with E-state index in [0.717, 1.165) is 0 Å². The first kappa shape index (κ1) is 15.7. The van der Waals surface area contributed by atoms with Crippen LogP contribution in [0.2, 0.25) is 0 Å². The zero-order valence-electron chi connectivity index (χ0n) is 14.4. The van der Waals surface area contributed by atoms with Gasteiger partial charge >= 0.3 is 0 Å². The van der Waals surface area contributed by atoms with Crippen LogP contribution in [-0.2, 0) is 6.42 Å². The predicted octanol–water partition coefficient (Wildman–Crippen LogP) is 6.13. The van der Waals surface area contributed by atoms with Crippen LogP contribution in [0.1, 0.15) is 82.8 Å². The third-order valence-electron chi connectivity index (χ3n) is 6.15. The minimum absolute atomic E-state index is 0.345. The van der Waals surface area contributed by atoms with Crippen molar-refractivity contribution >= 4 is 0 Å². The maximum atomic E-state index is 3.70. The summed E-state index contributed by atoms with van der Waals surface area (Å²) in [5, 5.41) is 0. The van der Waals surface area contributed by atoms with Crippen molar-refractivity contribution in [3.8, 4) is 11.8 Å². The maximum absolute atomic E-state index is 3.70. The van der Waals surface area contributed by atoms with Crippen LogP contribution in [0.25, 0.3) is 0 Å². The molecule has 0 heteroatoms. The number of hydrogen-bond acceptors (Lipinski definition) is 0. The molecular weight excluding hydrogens is 264 g/mol. The molecule has 3 saturated carbocycles. The van der Waals surface area contributed by atoms with Crippen LogP contribution in [0.4, 0.5) is 0 Å². The molecule has 0 N–H and O–H groups in total. The van der Waals surface area contributed by atoms with E-state index in [1.54, 1.807) is 0 Å². The minimum Gasteiger partial charge on any atom is -0.0911 e. The SMILES string of the molecule is CCCc1ccc(C#CC23CCC(CCC)(CC2)CC3)cc1. The Morgan fingerprint density at radius 2 is 1.50 bits per heavy atom. The van der Waals surface area contributed by atoms with Gasteiger partial charge in [-0.2, -0.15) is 0 Å². The van der Waals surface area contributed by atoms with Crippen molar-refractivity contribution in [3.05, 3.63) is 35.4 Å². The summed E-state index contributed by atoms with van der Waals surface area (Å²) in [6, 6.07) is 8.92. The Morgan fingerprint density at radius 1 is 0.864 bits per heavy atom. The summed E-state index contributed by atoms with van der Waals surface area (Å²) in [6.07, 6.45) is 13.5. The summed E-state index contributed by atoms with van der Waals surface area (Å²) >= 11 is 0. The highest BCUT2D eigenvalue weighted by Gasteiger charge is 2.47. The molecule has 0 aliphatic heterocycles. The molecule has 22 heavy (non-hydrogen) atoms. The van der Waals surface area contributed by atoms with E-state index in [4.69, 9.17) is 0 Å². The van der Waals surface area contributed by atoms with Gasteiger partial charge in [0, 0.05) is 11.0 Å². The van der Waals surface area contributed by atoms with Gasteiger partial charge in [0.25, 0.3) is 0 Å². The molecule has 0 nitrogen and oxygen atoms in total. The lowest BCUT2D eigenvalue weighted by Gasteiger charge is -2.51. The molecule has 0 aromatic heterocycles. The van der Waals surface area contributed by atoms with E-state index in [1.807, 2.05) is 0 Å². The first-order valence-corrected chi connectivity index (χ1v) is 9.31. The van der Waals surface area contributed by atoms with Crippen LogP contribution in [0.5, 0.6) is 0 Å². The van der Waals surface area contributed by atoms with Crippen LogP contribution in [0, 0.1) is 22.7 Å². The summed E-state index contributed by atoms with van der Waals surface area (Å²) in [5.74, 6) is 7.19. The van der Waals surface area contributed by atoms with Gasteiger partial charge in [0.2, 0.25) is 0 Å². The van der Waals surface area contributed by atoms with Crippen molar-refractivity contribution < 1.29 is 0 Å². The van der Waals surface area contributed by atoms with Crippen molar-refractivity contribution in [2.24, 2.45) is 10.8 Å². The molecule has 1 aromatic carbocycles. The molecule has 1 aromatic rings. The Balaban J connectivity index is 1.67. The summed E-state index contributed by atoms with van der Waals surface area (Å²) in [7, 11) is 0. The maximum Gasteiger partial charge on any atom is 0.0319 e. The quantitative estimate of drug-likeness (QED) is 0.586. The van der Waals surface area contributed by atoms with Gasteiger partial charge in [0.05, 0.1) is 0 Å². The largest absolute Gasteiger partial charge is 0.0911 e. The zero-order valence-corrected chi connectivity index (χ0v) is 14.4. The van der Waals surface area contributed by atoms with E-state index < -0.39 is 0 Å². The van der Waals surface area contributed by atoms with Gasteiger partial charge in [-0.1, -0.05) is 50.7 Å². The van der Waals surface area contributed by atoms with Crippen molar-refractivity contribution in [2.45, 2.75) is 78.1 Å². The van der Waals surface area contributed by atoms with E-state index in [1.165, 1.54) is 75.3 Å². The number of fused-ring (bicyclic) bond motifs is 3. The second kappa shape index (κ2) is 6.49. The average molecular weight is 294 g/mol. The fourth-order valence-corrected chi connectivity index (χ4v) is 4.60. The van der Waals surface area contributed by atoms with E-state index in [2.05, 4.69) is 50.0 Å². The number of rotatable bonds is 4. The molecule has 2 bridgehead atoms. The van der Waals surface area contributed by atoms with E-state index in [9.17, 15) is 0 Å². The van der Waals surface area contributed by atoms with Crippen molar-refractivity contribution in [1.82, 2.24) is 0 Å². The predicted molar refractivity (Wildman–Crippen MR) is 94.8 cm³/mol. The highest BCUT2D eigenvalue weighted by molar-refractivity contribution is 5.38. The van der Waals surface area contributed by atoms with E-state index >= 15 is 0 Å². The number of aryl methyl sites for hydroxylation is 1. The second-order valence-corrected chi connectivity index (χ2v) is 7.73. The Kier molecular flexibility index (Phi) is 4.62. The molecule has 4 rings (SSSR count). The Bertz CT molecular complexity index is 527. The molecule has 0 spiro atoms. The molecular formula is C22H30. The van der Waals surface area contributed by atoms with Gasteiger partial charge in [-0.05, 0) is 74.5 Å². The lowest BCUT2D eigenvalue weighted by molar-refractivity contribution is 0.0200. The first-order chi connectivity index (χ1) is 10.7. The molecule has 0 saturated heterocycles. The third kappa shape index (κ3) is 3.24. The first-order valence-electron chi connectivity index (χ1n) is 9.31. The fourth-order valence-electron chi connectivity index (χ4n) is 4.60. The molecule has 0 amide bonds. The fraction of sp³-hybridized carbons (Fsp3) is 0.636. The monoisotopic (exact) mass is 294 g/mol. The summed E-state index contributed by atoms with van der Waals surface area (Å²) in [5.41, 5.74) is 3.67. The standard InChI is InChI=1S/C22H30/c1-3-5-19-6-8-20(9-7-19)10-12-22-16-13-21(11-4-2,14-17-22)15-18-22/h6-9H,3-5,11,13-18H2,1-2H3. The minimum atomic E-state index is 0.345. The molecule has 3 fully saturated rings. The highest BCUT2D eigenvalue weighted by atomic mass is 14.5. The van der Waals surface area contributed by atoms with Crippen molar-refractivity contribution in [1.29, 1.82) is 0 Å². The third-order valence-corrected chi connectivity index (χ3v) is 6.15. The van der Waals surface area contributed by atoms with Crippen LogP contribution in [-0.4, -0.2) is 0 Å². The molecule has 0 radical (unpaired) electrons. The Hall–Kier alpha value is -1.22. The smallest absolute Gasteiger partial charge is 0.0319 e. The van der Waals surface area contributed by atoms with Gasteiger partial charge in [0.1, 0.15) is 0 Å². The highest BCUT2D eigenvalue weighted by Crippen LogP contribution is 2.58. The lowest BCUT2D eigenvalue weighted by Crippen LogP contribution is -2.40. The topological polar surface area (TPSA) is 0 Å². The zero-order chi connectivity index (χ0) is 15.5. The van der Waals surface area contributed by atoms with E-state index in [-0.39, 0.29) is 0 Å². The Morgan fingerprint density at radius 3 is 2.05 bits per heavy atom. The second-order valence-electron chi connectivity index (χ2n) is 7.73. The molecule has 0 unspecified atom stereocenters. The normalized spacial score (nSPS) is 29.9. The van der Waals surface area contributed by atoms with Crippen LogP contribution < -0.4 is 0 Å². The van der Waals surface area contributed by atoms with Crippen LogP contribution >= 0.6 is 0 Å². The number of hydrogen-bond donors (Lipinski definition) is 0. The van der Waals surface area contributed by atoms with Gasteiger partial charge in [0.15, 0.2) is 0 Å². The molecule has 3 aliphatic carbocycles. The Labute approximate surface area is 136 Å². The summed E-state index contributed by atoms with van der Waals surface area (Å²) in [4.78, 5) is 0. The molecule has 118 valence electrons. The molecule has 3 aliphatic rings. The van der Waals surface area contributed by atoms with Gasteiger partial charge in [-0.3, -0.25) is 0 Å².